The van der Waals surface area contributed by atoms with Gasteiger partial charge in [-0.1, -0.05) is 56.5 Å². The zero-order chi connectivity index (χ0) is 23.8. The fourth-order valence-corrected chi connectivity index (χ4v) is 3.58. The van der Waals surface area contributed by atoms with E-state index in [4.69, 9.17) is 9.47 Å². The van der Waals surface area contributed by atoms with Gasteiger partial charge in [0.25, 0.3) is 5.56 Å². The van der Waals surface area contributed by atoms with Crippen molar-refractivity contribution in [2.75, 3.05) is 6.61 Å². The third kappa shape index (κ3) is 6.25. The lowest BCUT2D eigenvalue weighted by molar-refractivity contribution is -0.131. The van der Waals surface area contributed by atoms with E-state index >= 15 is 0 Å². The first-order valence-corrected chi connectivity index (χ1v) is 11.2. The Kier molecular flexibility index (Phi) is 8.29. The van der Waals surface area contributed by atoms with Crippen LogP contribution >= 0.6 is 0 Å². The summed E-state index contributed by atoms with van der Waals surface area (Å²) < 4.78 is 11.9. The molecule has 3 aromatic rings. The molecule has 0 saturated heterocycles. The van der Waals surface area contributed by atoms with Gasteiger partial charge in [0.2, 0.25) is 0 Å². The van der Waals surface area contributed by atoms with E-state index in [1.807, 2.05) is 0 Å². The average Bonchev–Trinajstić information content (AvgIpc) is 2.81. The minimum absolute atomic E-state index is 0.0535. The molecule has 0 bridgehead atoms. The molecule has 0 fully saturated rings. The summed E-state index contributed by atoms with van der Waals surface area (Å²) in [6.07, 6.45) is 4.19. The van der Waals surface area contributed by atoms with Crippen molar-refractivity contribution in [2.24, 2.45) is 5.92 Å². The lowest BCUT2D eigenvalue weighted by Gasteiger charge is -2.16. The fraction of sp³-hybridized carbons (Fsp3) is 0.400. The number of hydrogen-bond donors (Lipinski definition) is 0. The molecular weight excluding hydrogens is 422 g/mol. The summed E-state index contributed by atoms with van der Waals surface area (Å²) in [5.74, 6) is -0.311. The number of rotatable bonds is 10. The van der Waals surface area contributed by atoms with Gasteiger partial charge < -0.3 is 9.47 Å². The maximum Gasteiger partial charge on any atom is 0.338 e. The third-order valence-corrected chi connectivity index (χ3v) is 5.51. The van der Waals surface area contributed by atoms with Crippen LogP contribution in [0, 0.1) is 5.92 Å². The van der Waals surface area contributed by atoms with E-state index in [2.05, 4.69) is 24.2 Å². The van der Waals surface area contributed by atoms with Crippen molar-refractivity contribution < 1.29 is 19.1 Å². The number of carbonyl (C=O) groups excluding carboxylic acids is 2. The van der Waals surface area contributed by atoms with Gasteiger partial charge in [0.15, 0.2) is 0 Å². The van der Waals surface area contributed by atoms with Gasteiger partial charge in [0.1, 0.15) is 11.3 Å². The Bertz CT molecular complexity index is 1190. The van der Waals surface area contributed by atoms with Crippen molar-refractivity contribution >= 4 is 22.8 Å². The van der Waals surface area contributed by atoms with Gasteiger partial charge in [-0.05, 0) is 42.2 Å². The van der Waals surface area contributed by atoms with E-state index in [0.29, 0.717) is 29.2 Å². The number of aromatic nitrogens is 3. The minimum Gasteiger partial charge on any atom is -0.462 e. The van der Waals surface area contributed by atoms with Gasteiger partial charge in [-0.3, -0.25) is 9.59 Å². The first-order valence-electron chi connectivity index (χ1n) is 11.2. The number of nitrogens with zero attached hydrogens (tertiary/aromatic N) is 3. The van der Waals surface area contributed by atoms with Crippen LogP contribution in [0.4, 0.5) is 0 Å². The molecule has 1 aromatic heterocycles. The van der Waals surface area contributed by atoms with Crippen molar-refractivity contribution in [1.82, 2.24) is 15.0 Å². The molecule has 3 rings (SSSR count). The summed E-state index contributed by atoms with van der Waals surface area (Å²) in [4.78, 5) is 37.0. The van der Waals surface area contributed by atoms with Crippen molar-refractivity contribution in [3.8, 4) is 5.75 Å². The summed E-state index contributed by atoms with van der Waals surface area (Å²) >= 11 is 0. The van der Waals surface area contributed by atoms with E-state index < -0.39 is 17.5 Å². The number of hydrogen-bond acceptors (Lipinski definition) is 7. The van der Waals surface area contributed by atoms with E-state index in [1.54, 1.807) is 36.4 Å². The zero-order valence-electron chi connectivity index (χ0n) is 19.2. The molecule has 8 nitrogen and oxygen atoms in total. The molecule has 0 aliphatic rings. The molecule has 0 saturated carbocycles. The second-order valence-electron chi connectivity index (χ2n) is 8.00. The van der Waals surface area contributed by atoms with E-state index in [0.717, 1.165) is 25.7 Å². The Morgan fingerprint density at radius 1 is 1.12 bits per heavy atom. The Labute approximate surface area is 192 Å². The summed E-state index contributed by atoms with van der Waals surface area (Å²) in [6, 6.07) is 11.6. The van der Waals surface area contributed by atoms with Gasteiger partial charge in [0.05, 0.1) is 24.1 Å². The molecular formula is C25H29N3O5. The molecule has 8 heteroatoms. The first-order chi connectivity index (χ1) is 15.9. The molecule has 0 amide bonds. The number of fused-ring (bicyclic) bond motifs is 1. The van der Waals surface area contributed by atoms with Crippen LogP contribution in [-0.4, -0.2) is 33.5 Å². The van der Waals surface area contributed by atoms with Crippen molar-refractivity contribution in [3.63, 3.8) is 0 Å². The molecule has 1 heterocycles. The molecule has 0 radical (unpaired) electrons. The monoisotopic (exact) mass is 451 g/mol. The maximum absolute atomic E-state index is 13.0. The summed E-state index contributed by atoms with van der Waals surface area (Å²) in [7, 11) is 0. The number of esters is 2. The number of carbonyl (C=O) groups is 2. The Balaban J connectivity index is 1.82. The predicted molar refractivity (Wildman–Crippen MR) is 124 cm³/mol. The Hall–Kier alpha value is -3.55. The first kappa shape index (κ1) is 24.1. The molecule has 0 N–H and O–H groups in total. The van der Waals surface area contributed by atoms with Crippen molar-refractivity contribution in [2.45, 2.75) is 53.0 Å². The Morgan fingerprint density at radius 3 is 2.64 bits per heavy atom. The van der Waals surface area contributed by atoms with Crippen LogP contribution in [0.3, 0.4) is 0 Å². The van der Waals surface area contributed by atoms with Crippen LogP contribution in [0.2, 0.25) is 0 Å². The van der Waals surface area contributed by atoms with Gasteiger partial charge in [0, 0.05) is 6.92 Å². The summed E-state index contributed by atoms with van der Waals surface area (Å²) in [5, 5.41) is 8.37. The van der Waals surface area contributed by atoms with E-state index in [1.165, 1.54) is 17.7 Å². The fourth-order valence-electron chi connectivity index (χ4n) is 3.58. The molecule has 174 valence electrons. The molecule has 1 unspecified atom stereocenters. The normalized spacial score (nSPS) is 11.8. The minimum atomic E-state index is -0.482. The van der Waals surface area contributed by atoms with Crippen LogP contribution in [0.15, 0.2) is 47.3 Å². The second-order valence-corrected chi connectivity index (χ2v) is 8.00. The van der Waals surface area contributed by atoms with Crippen LogP contribution in [-0.2, 0) is 16.1 Å². The molecule has 1 atom stereocenters. The highest BCUT2D eigenvalue weighted by molar-refractivity contribution is 5.91. The molecule has 2 aromatic carbocycles. The van der Waals surface area contributed by atoms with E-state index in [9.17, 15) is 14.4 Å². The SMILES string of the molecule is CCCCC(CC)COC(=O)c1ccccc1Cn1nnc2ccc(OC(C)=O)cc2c1=O. The van der Waals surface area contributed by atoms with Crippen LogP contribution in [0.5, 0.6) is 5.75 Å². The lowest BCUT2D eigenvalue weighted by atomic mass is 10.0. The molecule has 33 heavy (non-hydrogen) atoms. The van der Waals surface area contributed by atoms with Crippen molar-refractivity contribution in [1.29, 1.82) is 0 Å². The topological polar surface area (TPSA) is 100 Å². The molecule has 0 aliphatic heterocycles. The van der Waals surface area contributed by atoms with Gasteiger partial charge >= 0.3 is 11.9 Å². The zero-order valence-corrected chi connectivity index (χ0v) is 19.2. The number of benzene rings is 2. The summed E-state index contributed by atoms with van der Waals surface area (Å²) in [5.41, 5.74) is 0.988. The van der Waals surface area contributed by atoms with Crippen molar-refractivity contribution in [3.05, 3.63) is 63.9 Å². The quantitative estimate of drug-likeness (QED) is 0.337. The average molecular weight is 452 g/mol. The Morgan fingerprint density at radius 2 is 1.91 bits per heavy atom. The van der Waals surface area contributed by atoms with E-state index in [-0.39, 0.29) is 17.7 Å². The van der Waals surface area contributed by atoms with Crippen LogP contribution in [0.1, 0.15) is 62.4 Å². The molecule has 0 spiro atoms. The molecule has 0 aliphatic carbocycles. The largest absolute Gasteiger partial charge is 0.462 e. The predicted octanol–water partition coefficient (Wildman–Crippen LogP) is 4.14. The highest BCUT2D eigenvalue weighted by Gasteiger charge is 2.17. The second kappa shape index (κ2) is 11.4. The summed E-state index contributed by atoms with van der Waals surface area (Å²) in [6.45, 7) is 5.95. The van der Waals surface area contributed by atoms with Gasteiger partial charge in [-0.25, -0.2) is 9.48 Å². The standard InChI is InChI=1S/C25H29N3O5/c1-4-6-9-18(5-2)16-32-25(31)21-11-8-7-10-19(21)15-28-24(30)22-14-20(33-17(3)29)12-13-23(22)26-27-28/h7-8,10-14,18H,4-6,9,15-16H2,1-3H3. The van der Waals surface area contributed by atoms with Gasteiger partial charge in [-0.2, -0.15) is 0 Å². The highest BCUT2D eigenvalue weighted by Crippen LogP contribution is 2.18. The third-order valence-electron chi connectivity index (χ3n) is 5.51. The number of unbranched alkanes of at least 4 members (excludes halogenated alkanes) is 1. The highest BCUT2D eigenvalue weighted by atomic mass is 16.5. The maximum atomic E-state index is 13.0. The lowest BCUT2D eigenvalue weighted by Crippen LogP contribution is -2.26. The smallest absolute Gasteiger partial charge is 0.338 e. The van der Waals surface area contributed by atoms with Crippen LogP contribution in [0.25, 0.3) is 10.9 Å². The number of ether oxygens (including phenoxy) is 2. The van der Waals surface area contributed by atoms with Crippen LogP contribution < -0.4 is 10.3 Å². The van der Waals surface area contributed by atoms with Gasteiger partial charge in [-0.15, -0.1) is 5.10 Å².